The Kier molecular flexibility index (Phi) is 22.5. The Hall–Kier alpha value is -1.57. The first-order valence-electron chi connectivity index (χ1n) is 13.1. The fourth-order valence-electron chi connectivity index (χ4n) is 3.91. The summed E-state index contributed by atoms with van der Waals surface area (Å²) in [4.78, 5) is 10.3. The first kappa shape index (κ1) is 31.4. The summed E-state index contributed by atoms with van der Waals surface area (Å²) in [5.74, 6) is -0.653. The molecule has 3 heteroatoms. The number of carboxylic acid groups (broad SMARTS) is 1. The van der Waals surface area contributed by atoms with Crippen LogP contribution in [0, 0.1) is 0 Å². The molecule has 0 heterocycles. The van der Waals surface area contributed by atoms with E-state index in [4.69, 9.17) is 5.11 Å². The smallest absolute Gasteiger partial charge is 0.303 e. The van der Waals surface area contributed by atoms with Gasteiger partial charge in [0.15, 0.2) is 0 Å². The molecule has 0 aromatic heterocycles. The summed E-state index contributed by atoms with van der Waals surface area (Å²) in [6, 6.07) is 20.8. The van der Waals surface area contributed by atoms with Crippen molar-refractivity contribution in [3.63, 3.8) is 0 Å². The van der Waals surface area contributed by atoms with E-state index in [-0.39, 0.29) is 17.1 Å². The van der Waals surface area contributed by atoms with Crippen LogP contribution < -0.4 is 0 Å². The third-order valence-corrected chi connectivity index (χ3v) is 5.88. The summed E-state index contributed by atoms with van der Waals surface area (Å²) in [7, 11) is 0. The van der Waals surface area contributed by atoms with E-state index < -0.39 is 5.97 Å². The minimum absolute atomic E-state index is 0. The minimum Gasteiger partial charge on any atom is -0.481 e. The molecule has 2 nitrogen and oxygen atoms in total. The van der Waals surface area contributed by atoms with E-state index in [0.717, 1.165) is 12.8 Å². The number of carbonyl (C=O) groups is 1. The van der Waals surface area contributed by atoms with Gasteiger partial charge in [-0.25, -0.2) is 0 Å². The minimum atomic E-state index is -0.653. The molecule has 2 aromatic carbocycles. The molecule has 0 bridgehead atoms. The zero-order valence-corrected chi connectivity index (χ0v) is 21.9. The molecule has 0 spiro atoms. The predicted molar refractivity (Wildman–Crippen MR) is 139 cm³/mol. The standard InChI is InChI=1S/C18H36O2.C12H10.Fe/c1-2-3-4-5-6-7-8-9-10-11-12-13-14-15-16-17-18(19)20;1-3-7-11(8-4-1)12-9-5-2-6-10-12;/h2-17H2,1H3,(H,19,20);1-10H;. The van der Waals surface area contributed by atoms with E-state index in [2.05, 4.69) is 55.5 Å². The summed E-state index contributed by atoms with van der Waals surface area (Å²) < 4.78 is 0. The van der Waals surface area contributed by atoms with Crippen LogP contribution >= 0.6 is 0 Å². The monoisotopic (exact) mass is 494 g/mol. The van der Waals surface area contributed by atoms with Crippen molar-refractivity contribution in [2.24, 2.45) is 0 Å². The van der Waals surface area contributed by atoms with Gasteiger partial charge >= 0.3 is 5.97 Å². The zero-order valence-electron chi connectivity index (χ0n) is 20.8. The van der Waals surface area contributed by atoms with Crippen molar-refractivity contribution in [2.45, 2.75) is 110 Å². The second-order valence-electron chi connectivity index (χ2n) is 8.83. The predicted octanol–water partition coefficient (Wildman–Crippen LogP) is 9.68. The van der Waals surface area contributed by atoms with Crippen LogP contribution in [0.4, 0.5) is 0 Å². The number of carboxylic acids is 1. The van der Waals surface area contributed by atoms with Gasteiger partial charge in [0.05, 0.1) is 0 Å². The normalized spacial score (nSPS) is 10.1. The summed E-state index contributed by atoms with van der Waals surface area (Å²) in [6.45, 7) is 2.27. The van der Waals surface area contributed by atoms with Gasteiger partial charge < -0.3 is 5.11 Å². The van der Waals surface area contributed by atoms with Gasteiger partial charge in [0.2, 0.25) is 0 Å². The first-order valence-corrected chi connectivity index (χ1v) is 13.1. The number of hydrogen-bond acceptors (Lipinski definition) is 1. The molecular weight excluding hydrogens is 448 g/mol. The van der Waals surface area contributed by atoms with Crippen molar-refractivity contribution < 1.29 is 27.0 Å². The largest absolute Gasteiger partial charge is 0.481 e. The maximum absolute atomic E-state index is 10.3. The Bertz CT molecular complexity index is 620. The quantitative estimate of drug-likeness (QED) is 0.176. The van der Waals surface area contributed by atoms with Crippen molar-refractivity contribution in [2.75, 3.05) is 0 Å². The molecule has 1 N–H and O–H groups in total. The number of rotatable bonds is 17. The topological polar surface area (TPSA) is 37.3 Å². The SMILES string of the molecule is CCCCCCCCCCCCCCCCCC(=O)O.[Fe].c1ccc(-c2ccccc2)cc1. The van der Waals surface area contributed by atoms with Crippen molar-refractivity contribution in [1.29, 1.82) is 0 Å². The maximum atomic E-state index is 10.3. The molecule has 0 saturated carbocycles. The molecule has 2 rings (SSSR count). The van der Waals surface area contributed by atoms with E-state index in [0.29, 0.717) is 6.42 Å². The van der Waals surface area contributed by atoms with Crippen LogP contribution in [0.25, 0.3) is 11.1 Å². The van der Waals surface area contributed by atoms with Gasteiger partial charge in [0.25, 0.3) is 0 Å². The van der Waals surface area contributed by atoms with Crippen molar-refractivity contribution >= 4 is 5.97 Å². The second kappa shape index (κ2) is 23.6. The summed E-state index contributed by atoms with van der Waals surface area (Å²) in [5.41, 5.74) is 2.55. The van der Waals surface area contributed by atoms with E-state index >= 15 is 0 Å². The Labute approximate surface area is 214 Å². The van der Waals surface area contributed by atoms with Gasteiger partial charge in [0.1, 0.15) is 0 Å². The van der Waals surface area contributed by atoms with Crippen LogP contribution in [0.1, 0.15) is 110 Å². The molecule has 0 atom stereocenters. The number of aliphatic carboxylic acids is 1. The van der Waals surface area contributed by atoms with Crippen LogP contribution in [-0.4, -0.2) is 11.1 Å². The zero-order chi connectivity index (χ0) is 23.1. The van der Waals surface area contributed by atoms with Crippen LogP contribution in [0.5, 0.6) is 0 Å². The van der Waals surface area contributed by atoms with Crippen LogP contribution in [-0.2, 0) is 21.9 Å². The van der Waals surface area contributed by atoms with Gasteiger partial charge in [-0.15, -0.1) is 0 Å². The molecule has 0 amide bonds. The van der Waals surface area contributed by atoms with E-state index in [1.54, 1.807) is 0 Å². The Balaban J connectivity index is 0.000000666. The summed E-state index contributed by atoms with van der Waals surface area (Å²) in [6.07, 6.45) is 20.2. The third-order valence-electron chi connectivity index (χ3n) is 5.88. The van der Waals surface area contributed by atoms with Gasteiger partial charge in [-0.3, -0.25) is 4.79 Å². The molecule has 2 aromatic rings. The van der Waals surface area contributed by atoms with Gasteiger partial charge in [-0.05, 0) is 17.5 Å². The fraction of sp³-hybridized carbons (Fsp3) is 0.567. The first-order chi connectivity index (χ1) is 15.7. The summed E-state index contributed by atoms with van der Waals surface area (Å²) in [5, 5.41) is 8.52. The molecule has 0 aliphatic carbocycles. The van der Waals surface area contributed by atoms with E-state index in [1.807, 2.05) is 12.1 Å². The average Bonchev–Trinajstić information content (AvgIpc) is 2.83. The molecule has 33 heavy (non-hydrogen) atoms. The summed E-state index contributed by atoms with van der Waals surface area (Å²) >= 11 is 0. The van der Waals surface area contributed by atoms with Gasteiger partial charge in [-0.1, -0.05) is 157 Å². The molecule has 0 aliphatic rings. The van der Waals surface area contributed by atoms with E-state index in [9.17, 15) is 4.79 Å². The maximum Gasteiger partial charge on any atom is 0.303 e. The molecule has 0 saturated heterocycles. The number of unbranched alkanes of at least 4 members (excludes halogenated alkanes) is 14. The second-order valence-corrected chi connectivity index (χ2v) is 8.83. The molecule has 0 radical (unpaired) electrons. The molecule has 186 valence electrons. The molecule has 0 aliphatic heterocycles. The van der Waals surface area contributed by atoms with E-state index in [1.165, 1.54) is 94.6 Å². The number of hydrogen-bond donors (Lipinski definition) is 1. The number of benzene rings is 2. The Morgan fingerprint density at radius 1 is 0.545 bits per heavy atom. The molecular formula is C30H46FeO2. The Morgan fingerprint density at radius 3 is 1.15 bits per heavy atom. The van der Waals surface area contributed by atoms with Crippen molar-refractivity contribution in [1.82, 2.24) is 0 Å². The van der Waals surface area contributed by atoms with Gasteiger partial charge in [-0.2, -0.15) is 0 Å². The molecule has 0 fully saturated rings. The van der Waals surface area contributed by atoms with Crippen molar-refractivity contribution in [3.05, 3.63) is 60.7 Å². The van der Waals surface area contributed by atoms with Crippen LogP contribution in [0.3, 0.4) is 0 Å². The molecule has 0 unspecified atom stereocenters. The Morgan fingerprint density at radius 2 is 0.848 bits per heavy atom. The van der Waals surface area contributed by atoms with Crippen LogP contribution in [0.2, 0.25) is 0 Å². The average molecular weight is 495 g/mol. The van der Waals surface area contributed by atoms with Gasteiger partial charge in [0, 0.05) is 23.5 Å². The fourth-order valence-corrected chi connectivity index (χ4v) is 3.91. The van der Waals surface area contributed by atoms with Crippen molar-refractivity contribution in [3.8, 4) is 11.1 Å². The third kappa shape index (κ3) is 19.6. The van der Waals surface area contributed by atoms with Crippen LogP contribution in [0.15, 0.2) is 60.7 Å².